The second-order valence-electron chi connectivity index (χ2n) is 4.91. The number of halogens is 1. The standard InChI is InChI=1S/C16H19BrN2O/c1-3-13(18)7-12-8-15(10-19-9-12)20-14-4-5-16(17)11(2)6-14/h4-6,8-10,13H,3,7,18H2,1-2H3. The number of pyridine rings is 1. The smallest absolute Gasteiger partial charge is 0.145 e. The molecule has 2 rings (SSSR count). The minimum Gasteiger partial charge on any atom is -0.456 e. The molecule has 106 valence electrons. The summed E-state index contributed by atoms with van der Waals surface area (Å²) in [6.07, 6.45) is 5.34. The molecule has 0 aliphatic rings. The number of aromatic nitrogens is 1. The summed E-state index contributed by atoms with van der Waals surface area (Å²) >= 11 is 3.48. The molecule has 0 saturated heterocycles. The summed E-state index contributed by atoms with van der Waals surface area (Å²) < 4.78 is 6.92. The summed E-state index contributed by atoms with van der Waals surface area (Å²) in [5.74, 6) is 1.55. The fourth-order valence-electron chi connectivity index (χ4n) is 1.90. The number of hydrogen-bond donors (Lipinski definition) is 1. The van der Waals surface area contributed by atoms with Crippen LogP contribution in [0.5, 0.6) is 11.5 Å². The Kier molecular flexibility index (Phi) is 5.15. The van der Waals surface area contributed by atoms with Crippen LogP contribution in [-0.4, -0.2) is 11.0 Å². The monoisotopic (exact) mass is 334 g/mol. The van der Waals surface area contributed by atoms with Crippen LogP contribution in [0.3, 0.4) is 0 Å². The van der Waals surface area contributed by atoms with Crippen molar-refractivity contribution < 1.29 is 4.74 Å². The van der Waals surface area contributed by atoms with Crippen molar-refractivity contribution in [1.82, 2.24) is 4.98 Å². The fourth-order valence-corrected chi connectivity index (χ4v) is 2.14. The zero-order chi connectivity index (χ0) is 14.5. The highest BCUT2D eigenvalue weighted by Gasteiger charge is 2.05. The summed E-state index contributed by atoms with van der Waals surface area (Å²) in [6.45, 7) is 4.12. The molecule has 0 spiro atoms. The van der Waals surface area contributed by atoms with Crippen molar-refractivity contribution in [2.75, 3.05) is 0 Å². The van der Waals surface area contributed by atoms with E-state index < -0.39 is 0 Å². The van der Waals surface area contributed by atoms with Gasteiger partial charge >= 0.3 is 0 Å². The average molecular weight is 335 g/mol. The Hall–Kier alpha value is -1.39. The molecule has 1 aromatic heterocycles. The lowest BCUT2D eigenvalue weighted by Crippen LogP contribution is -2.21. The van der Waals surface area contributed by atoms with Gasteiger partial charge in [-0.25, -0.2) is 0 Å². The van der Waals surface area contributed by atoms with Crippen molar-refractivity contribution in [3.05, 3.63) is 52.3 Å². The highest BCUT2D eigenvalue weighted by Crippen LogP contribution is 2.26. The quantitative estimate of drug-likeness (QED) is 0.890. The van der Waals surface area contributed by atoms with Crippen LogP contribution in [-0.2, 0) is 6.42 Å². The van der Waals surface area contributed by atoms with Crippen molar-refractivity contribution in [2.45, 2.75) is 32.7 Å². The van der Waals surface area contributed by atoms with Gasteiger partial charge in [-0.2, -0.15) is 0 Å². The van der Waals surface area contributed by atoms with Gasteiger partial charge in [0.2, 0.25) is 0 Å². The van der Waals surface area contributed by atoms with Crippen molar-refractivity contribution in [3.63, 3.8) is 0 Å². The van der Waals surface area contributed by atoms with Crippen LogP contribution >= 0.6 is 15.9 Å². The highest BCUT2D eigenvalue weighted by molar-refractivity contribution is 9.10. The molecule has 0 amide bonds. The molecule has 0 fully saturated rings. The molecule has 0 radical (unpaired) electrons. The lowest BCUT2D eigenvalue weighted by atomic mass is 10.1. The van der Waals surface area contributed by atoms with Gasteiger partial charge in [-0.15, -0.1) is 0 Å². The number of hydrogen-bond acceptors (Lipinski definition) is 3. The number of rotatable bonds is 5. The number of aryl methyl sites for hydroxylation is 1. The zero-order valence-electron chi connectivity index (χ0n) is 11.8. The summed E-state index contributed by atoms with van der Waals surface area (Å²) in [6, 6.07) is 8.08. The van der Waals surface area contributed by atoms with Gasteiger partial charge in [0.25, 0.3) is 0 Å². The van der Waals surface area contributed by atoms with Crippen molar-refractivity contribution in [2.24, 2.45) is 5.73 Å². The van der Waals surface area contributed by atoms with E-state index in [0.29, 0.717) is 0 Å². The number of nitrogens with two attached hydrogens (primary N) is 1. The van der Waals surface area contributed by atoms with E-state index in [2.05, 4.69) is 27.8 Å². The minimum absolute atomic E-state index is 0.168. The number of ether oxygens (including phenoxy) is 1. The highest BCUT2D eigenvalue weighted by atomic mass is 79.9. The van der Waals surface area contributed by atoms with E-state index in [4.69, 9.17) is 10.5 Å². The predicted molar refractivity (Wildman–Crippen MR) is 85.2 cm³/mol. The van der Waals surface area contributed by atoms with Crippen LogP contribution in [0.2, 0.25) is 0 Å². The fraction of sp³-hybridized carbons (Fsp3) is 0.312. The van der Waals surface area contributed by atoms with Crippen molar-refractivity contribution in [1.29, 1.82) is 0 Å². The summed E-state index contributed by atoms with van der Waals surface area (Å²) in [7, 11) is 0. The Bertz CT molecular complexity index is 586. The number of benzene rings is 1. The minimum atomic E-state index is 0.168. The van der Waals surface area contributed by atoms with Crippen molar-refractivity contribution in [3.8, 4) is 11.5 Å². The molecule has 2 N–H and O–H groups in total. The van der Waals surface area contributed by atoms with Gasteiger partial charge in [-0.1, -0.05) is 22.9 Å². The largest absolute Gasteiger partial charge is 0.456 e. The molecule has 0 bridgehead atoms. The van der Waals surface area contributed by atoms with Crippen LogP contribution in [0.25, 0.3) is 0 Å². The Morgan fingerprint density at radius 1 is 1.25 bits per heavy atom. The van der Waals surface area contributed by atoms with Gasteiger partial charge in [0.1, 0.15) is 11.5 Å². The summed E-state index contributed by atoms with van der Waals surface area (Å²) in [5.41, 5.74) is 8.21. The molecular formula is C16H19BrN2O. The van der Waals surface area contributed by atoms with Crippen LogP contribution in [0.15, 0.2) is 41.1 Å². The molecule has 3 nitrogen and oxygen atoms in total. The lowest BCUT2D eigenvalue weighted by molar-refractivity contribution is 0.478. The molecule has 20 heavy (non-hydrogen) atoms. The van der Waals surface area contributed by atoms with Gasteiger partial charge in [0.05, 0.1) is 6.20 Å². The van der Waals surface area contributed by atoms with E-state index in [1.54, 1.807) is 6.20 Å². The third-order valence-corrected chi connectivity index (χ3v) is 4.05. The lowest BCUT2D eigenvalue weighted by Gasteiger charge is -2.11. The Balaban J connectivity index is 2.12. The summed E-state index contributed by atoms with van der Waals surface area (Å²) in [4.78, 5) is 4.22. The SMILES string of the molecule is CCC(N)Cc1cncc(Oc2ccc(Br)c(C)c2)c1. The number of nitrogens with zero attached hydrogens (tertiary/aromatic N) is 1. The zero-order valence-corrected chi connectivity index (χ0v) is 13.4. The maximum absolute atomic E-state index is 5.97. The van der Waals surface area contributed by atoms with Gasteiger partial charge in [-0.05, 0) is 55.2 Å². The molecule has 0 saturated carbocycles. The topological polar surface area (TPSA) is 48.1 Å². The maximum Gasteiger partial charge on any atom is 0.145 e. The molecule has 1 unspecified atom stereocenters. The third kappa shape index (κ3) is 4.05. The van der Waals surface area contributed by atoms with Crippen molar-refractivity contribution >= 4 is 15.9 Å². The Labute approximate surface area is 128 Å². The van der Waals surface area contributed by atoms with Crippen LogP contribution < -0.4 is 10.5 Å². The first-order chi connectivity index (χ1) is 9.58. The van der Waals surface area contributed by atoms with Gasteiger partial charge in [-0.3, -0.25) is 4.98 Å². The molecule has 0 aliphatic carbocycles. The molecule has 1 atom stereocenters. The van der Waals surface area contributed by atoms with Crippen LogP contribution in [0.4, 0.5) is 0 Å². The second-order valence-corrected chi connectivity index (χ2v) is 5.77. The molecule has 1 heterocycles. The first-order valence-corrected chi connectivity index (χ1v) is 7.51. The molecule has 2 aromatic rings. The molecule has 4 heteroatoms. The normalized spacial score (nSPS) is 12.2. The molecule has 0 aliphatic heterocycles. The first kappa shape index (κ1) is 15.0. The average Bonchev–Trinajstić information content (AvgIpc) is 2.43. The van der Waals surface area contributed by atoms with E-state index >= 15 is 0 Å². The molecular weight excluding hydrogens is 316 g/mol. The first-order valence-electron chi connectivity index (χ1n) is 6.72. The predicted octanol–water partition coefficient (Wildman–Crippen LogP) is 4.22. The van der Waals surface area contributed by atoms with E-state index in [9.17, 15) is 0 Å². The van der Waals surface area contributed by atoms with E-state index in [-0.39, 0.29) is 6.04 Å². The summed E-state index contributed by atoms with van der Waals surface area (Å²) in [5, 5.41) is 0. The third-order valence-electron chi connectivity index (χ3n) is 3.16. The Morgan fingerprint density at radius 3 is 2.75 bits per heavy atom. The van der Waals surface area contributed by atoms with E-state index in [1.807, 2.05) is 37.4 Å². The van der Waals surface area contributed by atoms with E-state index in [0.717, 1.165) is 39.9 Å². The van der Waals surface area contributed by atoms with E-state index in [1.165, 1.54) is 0 Å². The van der Waals surface area contributed by atoms with Crippen LogP contribution in [0.1, 0.15) is 24.5 Å². The second kappa shape index (κ2) is 6.86. The van der Waals surface area contributed by atoms with Gasteiger partial charge in [0.15, 0.2) is 0 Å². The van der Waals surface area contributed by atoms with Crippen LogP contribution in [0, 0.1) is 6.92 Å². The Morgan fingerprint density at radius 2 is 2.05 bits per heavy atom. The van der Waals surface area contributed by atoms with Gasteiger partial charge in [0, 0.05) is 16.7 Å². The van der Waals surface area contributed by atoms with Gasteiger partial charge < -0.3 is 10.5 Å². The maximum atomic E-state index is 5.97. The molecule has 1 aromatic carbocycles.